The predicted octanol–water partition coefficient (Wildman–Crippen LogP) is -4.35. The molecule has 1 fully saturated rings. The molecule has 0 aliphatic carbocycles. The molecular formula is C11H14BrN3O3. The smallest absolute Gasteiger partial charge is 0.326 e. The summed E-state index contributed by atoms with van der Waals surface area (Å²) in [6.45, 7) is 0.267. The number of amides is 1. The molecule has 0 bridgehead atoms. The maximum Gasteiger partial charge on any atom is 0.326 e. The predicted molar refractivity (Wildman–Crippen MR) is 57.7 cm³/mol. The van der Waals surface area contributed by atoms with E-state index in [2.05, 4.69) is 5.32 Å². The summed E-state index contributed by atoms with van der Waals surface area (Å²) in [5.41, 5.74) is 4.81. The van der Waals surface area contributed by atoms with E-state index in [1.165, 1.54) is 0 Å². The van der Waals surface area contributed by atoms with Crippen molar-refractivity contribution in [2.45, 2.75) is 24.5 Å². The van der Waals surface area contributed by atoms with Crippen LogP contribution in [-0.2, 0) is 16.1 Å². The van der Waals surface area contributed by atoms with Gasteiger partial charge in [0.2, 0.25) is 5.91 Å². The molecule has 2 atom stereocenters. The van der Waals surface area contributed by atoms with Crippen LogP contribution in [0.1, 0.15) is 6.42 Å². The molecule has 1 saturated heterocycles. The number of rotatable bonds is 3. The zero-order valence-electron chi connectivity index (χ0n) is 9.54. The molecule has 0 spiro atoms. The number of carbonyl (C=O) groups is 2. The molecule has 1 amide bonds. The van der Waals surface area contributed by atoms with Crippen LogP contribution in [0.2, 0.25) is 0 Å². The topological polar surface area (TPSA) is 96.3 Å². The van der Waals surface area contributed by atoms with Crippen LogP contribution < -0.4 is 32.6 Å². The molecular weight excluding hydrogens is 302 g/mol. The van der Waals surface area contributed by atoms with Crippen LogP contribution in [0.3, 0.4) is 0 Å². The first-order valence-corrected chi connectivity index (χ1v) is 5.28. The number of carboxylic acid groups (broad SMARTS) is 1. The Morgan fingerprint density at radius 3 is 2.61 bits per heavy atom. The Morgan fingerprint density at radius 2 is 2.11 bits per heavy atom. The minimum Gasteiger partial charge on any atom is -1.00 e. The van der Waals surface area contributed by atoms with Crippen molar-refractivity contribution in [2.75, 3.05) is 0 Å². The van der Waals surface area contributed by atoms with Gasteiger partial charge >= 0.3 is 5.97 Å². The summed E-state index contributed by atoms with van der Waals surface area (Å²) < 4.78 is 1.77. The fourth-order valence-electron chi connectivity index (χ4n) is 1.96. The summed E-state index contributed by atoms with van der Waals surface area (Å²) in [6.07, 6.45) is 3.68. The lowest BCUT2D eigenvalue weighted by atomic mass is 9.96. The number of nitrogens with zero attached hydrogens (tertiary/aromatic N) is 1. The molecule has 1 aliphatic heterocycles. The van der Waals surface area contributed by atoms with Gasteiger partial charge in [0.05, 0.1) is 0 Å². The van der Waals surface area contributed by atoms with E-state index in [-0.39, 0.29) is 29.9 Å². The van der Waals surface area contributed by atoms with Gasteiger partial charge in [-0.25, -0.2) is 9.36 Å². The first-order chi connectivity index (χ1) is 8.01. The van der Waals surface area contributed by atoms with Crippen molar-refractivity contribution in [3.05, 3.63) is 30.6 Å². The summed E-state index contributed by atoms with van der Waals surface area (Å²) in [7, 11) is 0. The van der Waals surface area contributed by atoms with Crippen molar-refractivity contribution in [3.63, 3.8) is 0 Å². The van der Waals surface area contributed by atoms with Gasteiger partial charge in [-0.05, 0) is 0 Å². The van der Waals surface area contributed by atoms with Crippen LogP contribution in [0.5, 0.6) is 0 Å². The van der Waals surface area contributed by atoms with E-state index in [1.54, 1.807) is 17.0 Å². The van der Waals surface area contributed by atoms with Crippen LogP contribution in [-0.4, -0.2) is 28.6 Å². The van der Waals surface area contributed by atoms with Crippen molar-refractivity contribution in [1.82, 2.24) is 5.32 Å². The molecule has 98 valence electrons. The molecule has 1 aromatic rings. The molecule has 7 heteroatoms. The van der Waals surface area contributed by atoms with Crippen LogP contribution in [0.25, 0.3) is 0 Å². The quantitative estimate of drug-likeness (QED) is 0.491. The number of nitrogens with one attached hydrogen (secondary N) is 1. The maximum absolute atomic E-state index is 11.7. The first-order valence-electron chi connectivity index (χ1n) is 5.28. The average molecular weight is 316 g/mol. The van der Waals surface area contributed by atoms with Gasteiger partial charge in [0.25, 0.3) is 0 Å². The summed E-state index contributed by atoms with van der Waals surface area (Å²) >= 11 is 0. The molecule has 0 aromatic carbocycles. The van der Waals surface area contributed by atoms with E-state index < -0.39 is 23.5 Å². The summed E-state index contributed by atoms with van der Waals surface area (Å²) in [5.74, 6) is -1.47. The Labute approximate surface area is 115 Å². The number of carbonyl (C=O) groups excluding carboxylic acids is 1. The van der Waals surface area contributed by atoms with E-state index >= 15 is 0 Å². The van der Waals surface area contributed by atoms with Crippen LogP contribution >= 0.6 is 0 Å². The van der Waals surface area contributed by atoms with E-state index in [0.29, 0.717) is 0 Å². The fourth-order valence-corrected chi connectivity index (χ4v) is 1.96. The highest BCUT2D eigenvalue weighted by atomic mass is 79.9. The Kier molecular flexibility index (Phi) is 4.42. The Hall–Kier alpha value is -1.47. The number of aromatic nitrogens is 1. The fraction of sp³-hybridized carbons (Fsp3) is 0.364. The average Bonchev–Trinajstić information content (AvgIpc) is 2.57. The second-order valence-corrected chi connectivity index (χ2v) is 4.27. The van der Waals surface area contributed by atoms with E-state index in [1.807, 2.05) is 18.2 Å². The van der Waals surface area contributed by atoms with Gasteiger partial charge in [0.15, 0.2) is 24.5 Å². The van der Waals surface area contributed by atoms with Gasteiger partial charge in [-0.3, -0.25) is 4.79 Å². The lowest BCUT2D eigenvalue weighted by Gasteiger charge is -2.16. The third kappa shape index (κ3) is 2.85. The van der Waals surface area contributed by atoms with Gasteiger partial charge in [-0.1, -0.05) is 6.07 Å². The van der Waals surface area contributed by atoms with Crippen molar-refractivity contribution in [2.24, 2.45) is 5.73 Å². The van der Waals surface area contributed by atoms with Gasteiger partial charge in [-0.15, -0.1) is 0 Å². The molecule has 0 unspecified atom stereocenters. The standard InChI is InChI=1S/C11H13N3O3.BrH/c12-11(7-14-4-2-1-3-5-14)6-8(9(15)16)13-10(11)17;/h1-5,8H,6-7,12H2,(H-,13,15,16,17);1H/t8-,11-;/m1./s1. The Balaban J connectivity index is 0.00000162. The van der Waals surface area contributed by atoms with Crippen molar-refractivity contribution >= 4 is 11.9 Å². The van der Waals surface area contributed by atoms with Gasteiger partial charge in [0, 0.05) is 18.6 Å². The number of aliphatic carboxylic acids is 1. The molecule has 2 heterocycles. The number of nitrogens with two attached hydrogens (primary N) is 1. The Bertz CT molecular complexity index is 454. The molecule has 0 radical (unpaired) electrons. The van der Waals surface area contributed by atoms with Crippen LogP contribution in [0.15, 0.2) is 30.6 Å². The maximum atomic E-state index is 11.7. The molecule has 2 rings (SSSR count). The second-order valence-electron chi connectivity index (χ2n) is 4.27. The molecule has 4 N–H and O–H groups in total. The summed E-state index contributed by atoms with van der Waals surface area (Å²) in [4.78, 5) is 22.5. The monoisotopic (exact) mass is 315 g/mol. The second kappa shape index (κ2) is 5.45. The minimum absolute atomic E-state index is 0. The zero-order valence-corrected chi connectivity index (χ0v) is 11.1. The summed E-state index contributed by atoms with van der Waals surface area (Å²) in [5, 5.41) is 11.2. The minimum atomic E-state index is -1.16. The number of pyridine rings is 1. The molecule has 18 heavy (non-hydrogen) atoms. The third-order valence-corrected chi connectivity index (χ3v) is 2.87. The molecule has 0 saturated carbocycles. The van der Waals surface area contributed by atoms with Crippen molar-refractivity contribution in [1.29, 1.82) is 0 Å². The van der Waals surface area contributed by atoms with Gasteiger partial charge in [0.1, 0.15) is 6.04 Å². The van der Waals surface area contributed by atoms with Crippen molar-refractivity contribution in [3.8, 4) is 0 Å². The number of halogens is 1. The van der Waals surface area contributed by atoms with Crippen molar-refractivity contribution < 1.29 is 36.2 Å². The van der Waals surface area contributed by atoms with Gasteiger partial charge < -0.3 is 33.1 Å². The SMILES string of the molecule is N[C@@]1(C[n+]2ccccc2)C[C@H](C(=O)O)NC1=O.[Br-]. The zero-order chi connectivity index (χ0) is 12.5. The van der Waals surface area contributed by atoms with E-state index in [4.69, 9.17) is 10.8 Å². The highest BCUT2D eigenvalue weighted by Gasteiger charge is 2.49. The van der Waals surface area contributed by atoms with Gasteiger partial charge in [-0.2, -0.15) is 0 Å². The Morgan fingerprint density at radius 1 is 1.50 bits per heavy atom. The molecule has 1 aromatic heterocycles. The lowest BCUT2D eigenvalue weighted by molar-refractivity contribution is -0.701. The molecule has 6 nitrogen and oxygen atoms in total. The number of hydrogen-bond acceptors (Lipinski definition) is 3. The van der Waals surface area contributed by atoms with Crippen LogP contribution in [0.4, 0.5) is 0 Å². The molecule has 1 aliphatic rings. The highest BCUT2D eigenvalue weighted by Crippen LogP contribution is 2.18. The number of carboxylic acids is 1. The third-order valence-electron chi connectivity index (χ3n) is 2.87. The van der Waals surface area contributed by atoms with Crippen LogP contribution in [0, 0.1) is 0 Å². The van der Waals surface area contributed by atoms with E-state index in [0.717, 1.165) is 0 Å². The normalized spacial score (nSPS) is 26.3. The highest BCUT2D eigenvalue weighted by molar-refractivity contribution is 5.94. The largest absolute Gasteiger partial charge is 1.00 e. The summed E-state index contributed by atoms with van der Waals surface area (Å²) in [6, 6.07) is 4.61. The van der Waals surface area contributed by atoms with E-state index in [9.17, 15) is 9.59 Å². The number of hydrogen-bond donors (Lipinski definition) is 3. The lowest BCUT2D eigenvalue weighted by Crippen LogP contribution is -3.00. The first kappa shape index (κ1) is 14.6.